The Morgan fingerprint density at radius 1 is 1.39 bits per heavy atom. The molecule has 0 aliphatic carbocycles. The molecule has 0 atom stereocenters. The molecule has 5 heteroatoms. The fourth-order valence-electron chi connectivity index (χ4n) is 2.05. The fourth-order valence-corrected chi connectivity index (χ4v) is 3.19. The summed E-state index contributed by atoms with van der Waals surface area (Å²) in [5, 5.41) is 10.2. The summed E-state index contributed by atoms with van der Waals surface area (Å²) >= 11 is 1.53. The Balaban J connectivity index is 2.04. The van der Waals surface area contributed by atoms with Gasteiger partial charge in [-0.2, -0.15) is 5.26 Å². The van der Waals surface area contributed by atoms with Crippen LogP contribution in [-0.4, -0.2) is 18.2 Å². The van der Waals surface area contributed by atoms with E-state index >= 15 is 0 Å². The second-order valence-corrected chi connectivity index (χ2v) is 5.53. The van der Waals surface area contributed by atoms with Crippen LogP contribution in [0.2, 0.25) is 0 Å². The quantitative estimate of drug-likeness (QED) is 0.833. The first kappa shape index (κ1) is 11.5. The van der Waals surface area contributed by atoms with Crippen molar-refractivity contribution in [2.24, 2.45) is 0 Å². The maximum Gasteiger partial charge on any atom is 0.162 e. The van der Waals surface area contributed by atoms with Crippen molar-refractivity contribution in [3.8, 4) is 16.8 Å². The number of furan rings is 1. The van der Waals surface area contributed by atoms with E-state index in [-0.39, 0.29) is 0 Å². The molecule has 0 bridgehead atoms. The minimum absolute atomic E-state index is 0.461. The lowest BCUT2D eigenvalue weighted by atomic mass is 9.85. The molecule has 2 aromatic rings. The van der Waals surface area contributed by atoms with Gasteiger partial charge in [0.1, 0.15) is 11.2 Å². The first-order chi connectivity index (χ1) is 8.64. The maximum atomic E-state index is 9.32. The van der Waals surface area contributed by atoms with Crippen LogP contribution in [0.15, 0.2) is 16.5 Å². The fraction of sp³-hybridized carbons (Fsp3) is 0.385. The highest BCUT2D eigenvalue weighted by Gasteiger charge is 2.44. The molecule has 4 nitrogen and oxygen atoms in total. The monoisotopic (exact) mass is 260 g/mol. The molecule has 1 aliphatic rings. The number of hydrogen-bond acceptors (Lipinski definition) is 5. The van der Waals surface area contributed by atoms with Crippen molar-refractivity contribution in [3.63, 3.8) is 0 Å². The Kier molecular flexibility index (Phi) is 2.51. The van der Waals surface area contributed by atoms with E-state index in [1.165, 1.54) is 11.3 Å². The van der Waals surface area contributed by atoms with Crippen LogP contribution in [0.5, 0.6) is 0 Å². The zero-order chi connectivity index (χ0) is 12.8. The van der Waals surface area contributed by atoms with Crippen molar-refractivity contribution < 1.29 is 9.15 Å². The highest BCUT2D eigenvalue weighted by atomic mass is 32.1. The van der Waals surface area contributed by atoms with E-state index in [9.17, 15) is 5.26 Å². The zero-order valence-electron chi connectivity index (χ0n) is 10.2. The van der Waals surface area contributed by atoms with Crippen LogP contribution >= 0.6 is 11.3 Å². The van der Waals surface area contributed by atoms with Crippen LogP contribution in [0.3, 0.4) is 0 Å². The Hall–Kier alpha value is -1.64. The molecule has 1 aliphatic heterocycles. The van der Waals surface area contributed by atoms with Gasteiger partial charge in [-0.15, -0.1) is 11.3 Å². The van der Waals surface area contributed by atoms with Gasteiger partial charge in [0, 0.05) is 0 Å². The normalized spacial score (nSPS) is 17.2. The average Bonchev–Trinajstić information content (AvgIpc) is 2.86. The number of aromatic nitrogens is 1. The van der Waals surface area contributed by atoms with Gasteiger partial charge < -0.3 is 9.15 Å². The molecule has 0 N–H and O–H groups in total. The Morgan fingerprint density at radius 3 is 2.67 bits per heavy atom. The third-order valence-corrected chi connectivity index (χ3v) is 4.47. The zero-order valence-corrected chi connectivity index (χ0v) is 11.0. The van der Waals surface area contributed by atoms with Crippen LogP contribution in [-0.2, 0) is 10.2 Å². The molecular formula is C13H12N2O2S. The van der Waals surface area contributed by atoms with E-state index in [1.807, 2.05) is 26.0 Å². The van der Waals surface area contributed by atoms with E-state index in [4.69, 9.17) is 9.15 Å². The second kappa shape index (κ2) is 3.94. The number of ether oxygens (including phenoxy) is 1. The van der Waals surface area contributed by atoms with Gasteiger partial charge in [-0.05, 0) is 26.0 Å². The second-order valence-electron chi connectivity index (χ2n) is 4.53. The van der Waals surface area contributed by atoms with Gasteiger partial charge in [0.15, 0.2) is 10.8 Å². The van der Waals surface area contributed by atoms with Gasteiger partial charge in [-0.1, -0.05) is 0 Å². The number of hydrogen-bond donors (Lipinski definition) is 0. The summed E-state index contributed by atoms with van der Waals surface area (Å²) in [6, 6.07) is 6.18. The predicted molar refractivity (Wildman–Crippen MR) is 67.4 cm³/mol. The summed E-state index contributed by atoms with van der Waals surface area (Å²) in [6.45, 7) is 4.76. The van der Waals surface area contributed by atoms with Gasteiger partial charge in [0.25, 0.3) is 0 Å². The molecular weight excluding hydrogens is 248 g/mol. The lowest BCUT2D eigenvalue weighted by Gasteiger charge is -2.34. The highest BCUT2D eigenvalue weighted by Crippen LogP contribution is 2.40. The first-order valence-electron chi connectivity index (χ1n) is 5.68. The topological polar surface area (TPSA) is 59.0 Å². The molecule has 0 aromatic carbocycles. The van der Waals surface area contributed by atoms with Gasteiger partial charge in [-0.25, -0.2) is 4.98 Å². The lowest BCUT2D eigenvalue weighted by molar-refractivity contribution is -0.0284. The number of thiazole rings is 1. The Labute approximate surface area is 109 Å². The number of rotatable bonds is 2. The maximum absolute atomic E-state index is 9.32. The summed E-state index contributed by atoms with van der Waals surface area (Å²) in [5.41, 5.74) is 0.399. The van der Waals surface area contributed by atoms with Gasteiger partial charge >= 0.3 is 0 Å². The molecule has 3 rings (SSSR count). The molecule has 0 unspecified atom stereocenters. The van der Waals surface area contributed by atoms with Crippen LogP contribution in [0.25, 0.3) is 10.8 Å². The van der Waals surface area contributed by atoms with E-state index < -0.39 is 5.41 Å². The first-order valence-corrected chi connectivity index (χ1v) is 6.50. The summed E-state index contributed by atoms with van der Waals surface area (Å²) < 4.78 is 10.8. The summed E-state index contributed by atoms with van der Waals surface area (Å²) in [7, 11) is 0. The summed E-state index contributed by atoms with van der Waals surface area (Å²) in [4.78, 5) is 5.51. The molecule has 92 valence electrons. The smallest absolute Gasteiger partial charge is 0.162 e. The number of nitriles is 1. The molecule has 2 aromatic heterocycles. The van der Waals surface area contributed by atoms with E-state index in [1.54, 1.807) is 0 Å². The third-order valence-electron chi connectivity index (χ3n) is 3.09. The van der Waals surface area contributed by atoms with Crippen molar-refractivity contribution in [2.75, 3.05) is 13.2 Å². The van der Waals surface area contributed by atoms with Crippen LogP contribution in [0, 0.1) is 25.2 Å². The largest absolute Gasteiger partial charge is 0.459 e. The summed E-state index contributed by atoms with van der Waals surface area (Å²) in [5.74, 6) is 1.63. The lowest BCUT2D eigenvalue weighted by Crippen LogP contribution is -2.45. The SMILES string of the molecule is Cc1ccc(-c2nc(C)c(C3(C#N)COC3)s2)o1. The average molecular weight is 260 g/mol. The van der Waals surface area contributed by atoms with Crippen LogP contribution in [0.4, 0.5) is 0 Å². The number of aryl methyl sites for hydroxylation is 2. The molecule has 1 saturated heterocycles. The van der Waals surface area contributed by atoms with Crippen molar-refractivity contribution in [1.29, 1.82) is 5.26 Å². The Morgan fingerprint density at radius 2 is 2.17 bits per heavy atom. The molecule has 0 amide bonds. The molecule has 3 heterocycles. The van der Waals surface area contributed by atoms with E-state index in [2.05, 4.69) is 11.1 Å². The van der Waals surface area contributed by atoms with Crippen molar-refractivity contribution in [1.82, 2.24) is 4.98 Å². The van der Waals surface area contributed by atoms with Gasteiger partial charge in [0.05, 0.1) is 29.9 Å². The van der Waals surface area contributed by atoms with E-state index in [0.29, 0.717) is 13.2 Å². The van der Waals surface area contributed by atoms with Crippen LogP contribution in [0.1, 0.15) is 16.3 Å². The minimum Gasteiger partial charge on any atom is -0.459 e. The van der Waals surface area contributed by atoms with Gasteiger partial charge in [-0.3, -0.25) is 0 Å². The van der Waals surface area contributed by atoms with Crippen molar-refractivity contribution in [2.45, 2.75) is 19.3 Å². The minimum atomic E-state index is -0.498. The molecule has 18 heavy (non-hydrogen) atoms. The van der Waals surface area contributed by atoms with Crippen LogP contribution < -0.4 is 0 Å². The molecule has 0 spiro atoms. The molecule has 0 saturated carbocycles. The van der Waals surface area contributed by atoms with Crippen molar-refractivity contribution >= 4 is 11.3 Å². The standard InChI is InChI=1S/C13H12N2O2S/c1-8-3-4-10(17-8)12-15-9(2)11(18-12)13(5-14)6-16-7-13/h3-4H,6-7H2,1-2H3. The van der Waals surface area contributed by atoms with E-state index in [0.717, 1.165) is 27.1 Å². The summed E-state index contributed by atoms with van der Waals surface area (Å²) in [6.07, 6.45) is 0. The van der Waals surface area contributed by atoms with Crippen molar-refractivity contribution in [3.05, 3.63) is 28.5 Å². The molecule has 1 fully saturated rings. The predicted octanol–water partition coefficient (Wildman–Crippen LogP) is 2.81. The third kappa shape index (κ3) is 1.57. The Bertz CT molecular complexity index is 632. The van der Waals surface area contributed by atoms with Gasteiger partial charge in [0.2, 0.25) is 0 Å². The molecule has 0 radical (unpaired) electrons. The number of nitrogens with zero attached hydrogens (tertiary/aromatic N) is 2. The highest BCUT2D eigenvalue weighted by molar-refractivity contribution is 7.15.